The second kappa shape index (κ2) is 6.38. The highest BCUT2D eigenvalue weighted by Crippen LogP contribution is 2.12. The summed E-state index contributed by atoms with van der Waals surface area (Å²) in [5, 5.41) is 3.45. The first-order valence-electron chi connectivity index (χ1n) is 5.91. The molecule has 0 aromatic heterocycles. The van der Waals surface area contributed by atoms with E-state index in [-0.39, 0.29) is 0 Å². The van der Waals surface area contributed by atoms with Crippen molar-refractivity contribution >= 4 is 15.9 Å². The Bertz CT molecular complexity index is 323. The van der Waals surface area contributed by atoms with E-state index in [2.05, 4.69) is 45.5 Å². The summed E-state index contributed by atoms with van der Waals surface area (Å²) >= 11 is 3.48. The van der Waals surface area contributed by atoms with E-state index in [1.54, 1.807) is 0 Å². The molecular weight excluding hydrogens is 266 g/mol. The molecule has 0 spiro atoms. The third kappa shape index (κ3) is 3.89. The number of hydrogen-bond donors (Lipinski definition) is 1. The second-order valence-corrected chi connectivity index (χ2v) is 5.13. The molecule has 16 heavy (non-hydrogen) atoms. The van der Waals surface area contributed by atoms with Gasteiger partial charge in [0.1, 0.15) is 0 Å². The topological polar surface area (TPSA) is 21.3 Å². The average Bonchev–Trinajstić information content (AvgIpc) is 2.77. The van der Waals surface area contributed by atoms with E-state index in [0.717, 1.165) is 30.6 Å². The van der Waals surface area contributed by atoms with Crippen molar-refractivity contribution in [3.05, 3.63) is 34.3 Å². The predicted octanol–water partition coefficient (Wildman–Crippen LogP) is 2.76. The van der Waals surface area contributed by atoms with Crippen LogP contribution in [0.15, 0.2) is 28.7 Å². The first-order chi connectivity index (χ1) is 7.84. The molecule has 1 aliphatic heterocycles. The van der Waals surface area contributed by atoms with Gasteiger partial charge in [0.25, 0.3) is 0 Å². The molecule has 3 heteroatoms. The first kappa shape index (κ1) is 12.1. The van der Waals surface area contributed by atoms with E-state index >= 15 is 0 Å². The maximum absolute atomic E-state index is 5.55. The third-order valence-electron chi connectivity index (χ3n) is 2.88. The van der Waals surface area contributed by atoms with Crippen molar-refractivity contribution in [2.24, 2.45) is 0 Å². The lowest BCUT2D eigenvalue weighted by Crippen LogP contribution is -2.27. The average molecular weight is 284 g/mol. The first-order valence-corrected chi connectivity index (χ1v) is 6.70. The van der Waals surface area contributed by atoms with Crippen LogP contribution < -0.4 is 5.32 Å². The van der Waals surface area contributed by atoms with E-state index < -0.39 is 0 Å². The molecule has 0 aliphatic carbocycles. The molecule has 1 heterocycles. The molecular formula is C13H18BrNO. The van der Waals surface area contributed by atoms with Gasteiger partial charge in [0.05, 0.1) is 6.10 Å². The van der Waals surface area contributed by atoms with Gasteiger partial charge in [-0.1, -0.05) is 28.1 Å². The van der Waals surface area contributed by atoms with Crippen molar-refractivity contribution in [2.75, 3.05) is 19.7 Å². The number of benzene rings is 1. The summed E-state index contributed by atoms with van der Waals surface area (Å²) in [6.45, 7) is 2.96. The predicted molar refractivity (Wildman–Crippen MR) is 69.7 cm³/mol. The molecule has 2 nitrogen and oxygen atoms in total. The molecule has 1 atom stereocenters. The Kier molecular flexibility index (Phi) is 4.82. The van der Waals surface area contributed by atoms with Gasteiger partial charge in [0, 0.05) is 17.6 Å². The minimum atomic E-state index is 0.447. The van der Waals surface area contributed by atoms with Gasteiger partial charge in [-0.25, -0.2) is 0 Å². The molecule has 0 saturated carbocycles. The largest absolute Gasteiger partial charge is 0.377 e. The van der Waals surface area contributed by atoms with Gasteiger partial charge in [-0.3, -0.25) is 0 Å². The van der Waals surface area contributed by atoms with Crippen LogP contribution in [0, 0.1) is 0 Å². The Balaban J connectivity index is 1.64. The summed E-state index contributed by atoms with van der Waals surface area (Å²) in [6, 6.07) is 8.48. The Morgan fingerprint density at radius 1 is 1.44 bits per heavy atom. The molecule has 1 fully saturated rings. The highest BCUT2D eigenvalue weighted by molar-refractivity contribution is 9.10. The maximum Gasteiger partial charge on any atom is 0.0700 e. The number of nitrogens with one attached hydrogen (secondary N) is 1. The Morgan fingerprint density at radius 3 is 3.12 bits per heavy atom. The maximum atomic E-state index is 5.55. The van der Waals surface area contributed by atoms with Crippen molar-refractivity contribution in [1.29, 1.82) is 0 Å². The SMILES string of the molecule is Brc1cccc(CCNCC2CCCO2)c1. The summed E-state index contributed by atoms with van der Waals surface area (Å²) in [5.41, 5.74) is 1.37. The van der Waals surface area contributed by atoms with Crippen LogP contribution in [0.25, 0.3) is 0 Å². The molecule has 0 radical (unpaired) electrons. The zero-order valence-electron chi connectivity index (χ0n) is 9.42. The van der Waals surface area contributed by atoms with Crippen LogP contribution in [0.4, 0.5) is 0 Å². The standard InChI is InChI=1S/C13H18BrNO/c14-12-4-1-3-11(9-12)6-7-15-10-13-5-2-8-16-13/h1,3-4,9,13,15H,2,5-8,10H2. The molecule has 2 rings (SSSR count). The Labute approximate surface area is 106 Å². The summed E-state index contributed by atoms with van der Waals surface area (Å²) in [6.07, 6.45) is 3.95. The fraction of sp³-hybridized carbons (Fsp3) is 0.538. The number of halogens is 1. The van der Waals surface area contributed by atoms with Gasteiger partial charge in [-0.2, -0.15) is 0 Å². The lowest BCUT2D eigenvalue weighted by Gasteiger charge is -2.10. The molecule has 0 amide bonds. The van der Waals surface area contributed by atoms with Crippen molar-refractivity contribution in [3.8, 4) is 0 Å². The Morgan fingerprint density at radius 2 is 2.38 bits per heavy atom. The normalized spacial score (nSPS) is 20.2. The highest BCUT2D eigenvalue weighted by atomic mass is 79.9. The van der Waals surface area contributed by atoms with Crippen LogP contribution in [0.5, 0.6) is 0 Å². The van der Waals surface area contributed by atoms with Crippen LogP contribution in [-0.2, 0) is 11.2 Å². The van der Waals surface area contributed by atoms with Gasteiger partial charge in [-0.15, -0.1) is 0 Å². The van der Waals surface area contributed by atoms with Crippen molar-refractivity contribution < 1.29 is 4.74 Å². The lowest BCUT2D eigenvalue weighted by molar-refractivity contribution is 0.110. The van der Waals surface area contributed by atoms with E-state index in [1.807, 2.05) is 0 Å². The Hall–Kier alpha value is -0.380. The van der Waals surface area contributed by atoms with E-state index in [0.29, 0.717) is 6.10 Å². The number of ether oxygens (including phenoxy) is 1. The van der Waals surface area contributed by atoms with Crippen LogP contribution in [0.2, 0.25) is 0 Å². The molecule has 1 aliphatic rings. The van der Waals surface area contributed by atoms with Crippen molar-refractivity contribution in [1.82, 2.24) is 5.32 Å². The van der Waals surface area contributed by atoms with Crippen molar-refractivity contribution in [3.63, 3.8) is 0 Å². The molecule has 1 unspecified atom stereocenters. The van der Waals surface area contributed by atoms with Crippen LogP contribution >= 0.6 is 15.9 Å². The fourth-order valence-electron chi connectivity index (χ4n) is 1.99. The fourth-order valence-corrected chi connectivity index (χ4v) is 2.44. The summed E-state index contributed by atoms with van der Waals surface area (Å²) in [5.74, 6) is 0. The van der Waals surface area contributed by atoms with E-state index in [4.69, 9.17) is 4.74 Å². The van der Waals surface area contributed by atoms with Gasteiger partial charge in [-0.05, 0) is 43.5 Å². The van der Waals surface area contributed by atoms with E-state index in [9.17, 15) is 0 Å². The monoisotopic (exact) mass is 283 g/mol. The molecule has 88 valence electrons. The highest BCUT2D eigenvalue weighted by Gasteiger charge is 2.14. The minimum Gasteiger partial charge on any atom is -0.377 e. The molecule has 1 saturated heterocycles. The molecule has 1 aromatic carbocycles. The molecule has 1 N–H and O–H groups in total. The summed E-state index contributed by atoms with van der Waals surface area (Å²) < 4.78 is 6.71. The molecule has 1 aromatic rings. The van der Waals surface area contributed by atoms with Crippen molar-refractivity contribution in [2.45, 2.75) is 25.4 Å². The quantitative estimate of drug-likeness (QED) is 0.839. The van der Waals surface area contributed by atoms with Crippen LogP contribution in [0.1, 0.15) is 18.4 Å². The smallest absolute Gasteiger partial charge is 0.0700 e. The zero-order valence-corrected chi connectivity index (χ0v) is 11.0. The minimum absolute atomic E-state index is 0.447. The number of rotatable bonds is 5. The number of hydrogen-bond acceptors (Lipinski definition) is 2. The van der Waals surface area contributed by atoms with Gasteiger partial charge >= 0.3 is 0 Å². The zero-order chi connectivity index (χ0) is 11.2. The van der Waals surface area contributed by atoms with Gasteiger partial charge < -0.3 is 10.1 Å². The van der Waals surface area contributed by atoms with E-state index in [1.165, 1.54) is 18.4 Å². The van der Waals surface area contributed by atoms with Gasteiger partial charge in [0.2, 0.25) is 0 Å². The molecule has 0 bridgehead atoms. The van der Waals surface area contributed by atoms with Crippen LogP contribution in [0.3, 0.4) is 0 Å². The van der Waals surface area contributed by atoms with Crippen LogP contribution in [-0.4, -0.2) is 25.8 Å². The summed E-state index contributed by atoms with van der Waals surface area (Å²) in [7, 11) is 0. The second-order valence-electron chi connectivity index (χ2n) is 4.22. The lowest BCUT2D eigenvalue weighted by atomic mass is 10.1. The third-order valence-corrected chi connectivity index (χ3v) is 3.37. The van der Waals surface area contributed by atoms with Gasteiger partial charge in [0.15, 0.2) is 0 Å². The summed E-state index contributed by atoms with van der Waals surface area (Å²) in [4.78, 5) is 0.